The molecule has 1 heterocycles. The first-order valence-electron chi connectivity index (χ1n) is 6.15. The molecule has 1 N–H and O–H groups in total. The van der Waals surface area contributed by atoms with Gasteiger partial charge in [-0.3, -0.25) is 4.68 Å². The largest absolute Gasteiger partial charge is 0.382 e. The van der Waals surface area contributed by atoms with E-state index >= 15 is 0 Å². The molecule has 3 nitrogen and oxygen atoms in total. The van der Waals surface area contributed by atoms with E-state index in [-0.39, 0.29) is 5.82 Å². The van der Waals surface area contributed by atoms with Gasteiger partial charge in [-0.1, -0.05) is 19.1 Å². The summed E-state index contributed by atoms with van der Waals surface area (Å²) < 4.78 is 14.9. The molecule has 0 spiro atoms. The summed E-state index contributed by atoms with van der Waals surface area (Å²) in [6.45, 7) is 4.66. The zero-order valence-corrected chi connectivity index (χ0v) is 10.6. The van der Waals surface area contributed by atoms with Crippen LogP contribution in [-0.4, -0.2) is 14.9 Å². The molecule has 0 amide bonds. The van der Waals surface area contributed by atoms with Crippen LogP contribution in [0, 0.1) is 5.82 Å². The van der Waals surface area contributed by atoms with Crippen LogP contribution in [0.5, 0.6) is 0 Å². The summed E-state index contributed by atoms with van der Waals surface area (Å²) in [6, 6.07) is 7.90. The third-order valence-corrected chi connectivity index (χ3v) is 2.97. The highest BCUT2D eigenvalue weighted by Gasteiger charge is 2.17. The maximum absolute atomic E-state index is 13.2. The van der Waals surface area contributed by atoms with Crippen LogP contribution in [0.2, 0.25) is 0 Å². The molecule has 0 bridgehead atoms. The number of nitrogens with zero attached hydrogens (tertiary/aromatic N) is 2. The second-order valence-corrected chi connectivity index (χ2v) is 4.19. The Morgan fingerprint density at radius 2 is 2.11 bits per heavy atom. The van der Waals surface area contributed by atoms with Crippen LogP contribution in [0.3, 0.4) is 0 Å². The highest BCUT2D eigenvalue weighted by atomic mass is 19.1. The lowest BCUT2D eigenvalue weighted by atomic mass is 10.1. The molecule has 0 aliphatic carbocycles. The number of hydrogen-bond acceptors (Lipinski definition) is 2. The third-order valence-electron chi connectivity index (χ3n) is 2.97. The summed E-state index contributed by atoms with van der Waals surface area (Å²) in [5.74, 6) is -0.343. The summed E-state index contributed by atoms with van der Waals surface area (Å²) in [7, 11) is 0. The number of hydrogen-bond donors (Lipinski definition) is 1. The average molecular weight is 248 g/mol. The molecule has 2 rings (SSSR count). The lowest BCUT2D eigenvalue weighted by Gasteiger charge is -2.12. The maximum atomic E-state index is 13.2. The number of rotatable bonds is 4. The summed E-state index contributed by atoms with van der Waals surface area (Å²) >= 11 is 0. The fourth-order valence-electron chi connectivity index (χ4n) is 1.98. The van der Waals surface area contributed by atoms with Crippen molar-refractivity contribution in [2.45, 2.75) is 32.9 Å². The van der Waals surface area contributed by atoms with Crippen molar-refractivity contribution in [3.05, 3.63) is 53.1 Å². The second-order valence-electron chi connectivity index (χ2n) is 4.19. The van der Waals surface area contributed by atoms with Gasteiger partial charge in [0.15, 0.2) is 0 Å². The predicted octanol–water partition coefficient (Wildman–Crippen LogP) is 2.69. The first-order chi connectivity index (χ1) is 8.65. The van der Waals surface area contributed by atoms with Crippen LogP contribution in [0.25, 0.3) is 0 Å². The van der Waals surface area contributed by atoms with Crippen LogP contribution >= 0.6 is 0 Å². The molecule has 4 heteroatoms. The van der Waals surface area contributed by atoms with E-state index in [1.54, 1.807) is 16.8 Å². The highest BCUT2D eigenvalue weighted by molar-refractivity contribution is 5.27. The van der Waals surface area contributed by atoms with E-state index in [1.165, 1.54) is 12.1 Å². The molecule has 96 valence electrons. The standard InChI is InChI=1S/C14H17FN2O/c1-3-12-9-13(17(4-2)16-12)14(18)10-6-5-7-11(15)8-10/h5-9,14,18H,3-4H2,1-2H3. The van der Waals surface area contributed by atoms with Crippen molar-refractivity contribution in [3.63, 3.8) is 0 Å². The van der Waals surface area contributed by atoms with Gasteiger partial charge in [-0.05, 0) is 37.1 Å². The van der Waals surface area contributed by atoms with Gasteiger partial charge in [0.05, 0.1) is 11.4 Å². The van der Waals surface area contributed by atoms with Crippen LogP contribution in [0.15, 0.2) is 30.3 Å². The smallest absolute Gasteiger partial charge is 0.123 e. The number of aliphatic hydroxyl groups excluding tert-OH is 1. The zero-order valence-electron chi connectivity index (χ0n) is 10.6. The zero-order chi connectivity index (χ0) is 13.1. The topological polar surface area (TPSA) is 38.0 Å². The van der Waals surface area contributed by atoms with Crippen molar-refractivity contribution in [2.24, 2.45) is 0 Å². The van der Waals surface area contributed by atoms with E-state index in [1.807, 2.05) is 19.9 Å². The van der Waals surface area contributed by atoms with E-state index in [0.717, 1.165) is 12.1 Å². The molecule has 0 saturated carbocycles. The summed E-state index contributed by atoms with van der Waals surface area (Å²) in [5, 5.41) is 14.7. The van der Waals surface area contributed by atoms with Crippen LogP contribution in [0.1, 0.15) is 36.9 Å². The van der Waals surface area contributed by atoms with Crippen molar-refractivity contribution in [2.75, 3.05) is 0 Å². The van der Waals surface area contributed by atoms with Crippen molar-refractivity contribution in [3.8, 4) is 0 Å². The Bertz CT molecular complexity index is 536. The number of aryl methyl sites for hydroxylation is 2. The van der Waals surface area contributed by atoms with E-state index in [4.69, 9.17) is 0 Å². The van der Waals surface area contributed by atoms with E-state index in [9.17, 15) is 9.50 Å². The first-order valence-corrected chi connectivity index (χ1v) is 6.15. The lowest BCUT2D eigenvalue weighted by Crippen LogP contribution is -2.09. The normalized spacial score (nSPS) is 12.7. The van der Waals surface area contributed by atoms with Crippen LogP contribution in [-0.2, 0) is 13.0 Å². The first kappa shape index (κ1) is 12.8. The molecule has 1 unspecified atom stereocenters. The summed E-state index contributed by atoms with van der Waals surface area (Å²) in [4.78, 5) is 0. The van der Waals surface area contributed by atoms with Crippen molar-refractivity contribution in [1.29, 1.82) is 0 Å². The highest BCUT2D eigenvalue weighted by Crippen LogP contribution is 2.23. The molecule has 0 aliphatic rings. The van der Waals surface area contributed by atoms with Gasteiger partial charge in [-0.25, -0.2) is 4.39 Å². The Kier molecular flexibility index (Phi) is 3.77. The number of halogens is 1. The van der Waals surface area contributed by atoms with Gasteiger partial charge in [0.25, 0.3) is 0 Å². The number of aliphatic hydroxyl groups is 1. The van der Waals surface area contributed by atoms with Crippen molar-refractivity contribution in [1.82, 2.24) is 9.78 Å². The lowest BCUT2D eigenvalue weighted by molar-refractivity contribution is 0.207. The molecule has 0 radical (unpaired) electrons. The minimum absolute atomic E-state index is 0.343. The molecule has 1 aromatic heterocycles. The van der Waals surface area contributed by atoms with Gasteiger partial charge in [-0.2, -0.15) is 5.10 Å². The van der Waals surface area contributed by atoms with Gasteiger partial charge in [0, 0.05) is 6.54 Å². The SMILES string of the molecule is CCc1cc(C(O)c2cccc(F)c2)n(CC)n1. The maximum Gasteiger partial charge on any atom is 0.123 e. The van der Waals surface area contributed by atoms with Gasteiger partial charge in [0.1, 0.15) is 11.9 Å². The summed E-state index contributed by atoms with van der Waals surface area (Å²) in [5.41, 5.74) is 2.19. The minimum Gasteiger partial charge on any atom is -0.382 e. The molecule has 0 fully saturated rings. The van der Waals surface area contributed by atoms with Gasteiger partial charge in [-0.15, -0.1) is 0 Å². The van der Waals surface area contributed by atoms with Crippen LogP contribution in [0.4, 0.5) is 4.39 Å². The minimum atomic E-state index is -0.839. The molecule has 0 saturated heterocycles. The van der Waals surface area contributed by atoms with Crippen molar-refractivity contribution >= 4 is 0 Å². The Morgan fingerprint density at radius 3 is 2.72 bits per heavy atom. The van der Waals surface area contributed by atoms with E-state index < -0.39 is 6.10 Å². The Hall–Kier alpha value is -1.68. The Labute approximate surface area is 106 Å². The third kappa shape index (κ3) is 2.43. The summed E-state index contributed by atoms with van der Waals surface area (Å²) in [6.07, 6.45) is -0.0241. The predicted molar refractivity (Wildman–Crippen MR) is 67.7 cm³/mol. The second kappa shape index (κ2) is 5.31. The van der Waals surface area contributed by atoms with E-state index in [0.29, 0.717) is 17.8 Å². The molecular weight excluding hydrogens is 231 g/mol. The van der Waals surface area contributed by atoms with Crippen LogP contribution < -0.4 is 0 Å². The fourth-order valence-corrected chi connectivity index (χ4v) is 1.98. The molecule has 1 atom stereocenters. The van der Waals surface area contributed by atoms with Crippen molar-refractivity contribution < 1.29 is 9.50 Å². The van der Waals surface area contributed by atoms with E-state index in [2.05, 4.69) is 5.10 Å². The molecule has 2 aromatic rings. The van der Waals surface area contributed by atoms with Gasteiger partial charge in [0.2, 0.25) is 0 Å². The molecule has 0 aliphatic heterocycles. The molecular formula is C14H17FN2O. The average Bonchev–Trinajstić information content (AvgIpc) is 2.81. The Morgan fingerprint density at radius 1 is 1.33 bits per heavy atom. The Balaban J connectivity index is 2.38. The molecule has 18 heavy (non-hydrogen) atoms. The van der Waals surface area contributed by atoms with Gasteiger partial charge < -0.3 is 5.11 Å². The number of aromatic nitrogens is 2. The monoisotopic (exact) mass is 248 g/mol. The number of benzene rings is 1. The van der Waals surface area contributed by atoms with Gasteiger partial charge >= 0.3 is 0 Å². The fraction of sp³-hybridized carbons (Fsp3) is 0.357. The molecule has 1 aromatic carbocycles. The quantitative estimate of drug-likeness (QED) is 0.903.